The maximum atomic E-state index is 11.9. The molecule has 0 spiro atoms. The van der Waals surface area contributed by atoms with E-state index in [1.165, 1.54) is 13.8 Å². The predicted molar refractivity (Wildman–Crippen MR) is 64.9 cm³/mol. The highest BCUT2D eigenvalue weighted by atomic mass is 32.2. The number of hydrogen-bond acceptors (Lipinski definition) is 6. The summed E-state index contributed by atoms with van der Waals surface area (Å²) < 4.78 is 28.6. The first-order valence-electron chi connectivity index (χ1n) is 5.94. The number of carbonyl (C=O) groups is 2. The number of sulfonamides is 1. The van der Waals surface area contributed by atoms with Gasteiger partial charge < -0.3 is 4.74 Å². The van der Waals surface area contributed by atoms with Crippen molar-refractivity contribution in [2.45, 2.75) is 43.6 Å². The predicted octanol–water partition coefficient (Wildman–Crippen LogP) is -1.53. The van der Waals surface area contributed by atoms with Crippen LogP contribution in [0.1, 0.15) is 26.7 Å². The molecule has 2 heterocycles. The van der Waals surface area contributed by atoms with E-state index in [1.807, 2.05) is 5.43 Å². The first-order valence-corrected chi connectivity index (χ1v) is 7.38. The van der Waals surface area contributed by atoms with E-state index in [-0.39, 0.29) is 6.54 Å². The van der Waals surface area contributed by atoms with Crippen LogP contribution in [0.25, 0.3) is 0 Å². The fraction of sp³-hybridized carbons (Fsp3) is 0.800. The Hall–Kier alpha value is -1.19. The van der Waals surface area contributed by atoms with Crippen LogP contribution < -0.4 is 11.3 Å². The average Bonchev–Trinajstić information content (AvgIpc) is 2.82. The quantitative estimate of drug-likeness (QED) is 0.370. The van der Waals surface area contributed by atoms with Crippen molar-refractivity contribution in [3.8, 4) is 0 Å². The molecular formula is C10H17N3O5S. The molecule has 2 atom stereocenters. The van der Waals surface area contributed by atoms with Crippen LogP contribution in [-0.4, -0.2) is 48.0 Å². The largest absolute Gasteiger partial charge is 0.363 e. The van der Waals surface area contributed by atoms with Crippen LogP contribution in [0.3, 0.4) is 0 Å². The van der Waals surface area contributed by atoms with Gasteiger partial charge in [0.25, 0.3) is 21.8 Å². The van der Waals surface area contributed by atoms with Gasteiger partial charge in [0, 0.05) is 0 Å². The Morgan fingerprint density at radius 1 is 1.53 bits per heavy atom. The lowest BCUT2D eigenvalue weighted by Gasteiger charge is -2.43. The second-order valence-electron chi connectivity index (χ2n) is 5.18. The standard InChI is InChI=1S/C10H17N3O5S/c1-10(2)9(15)13(19(10,16)17)5-6-3-4-7(18-6)8(14)12-11/h6-7H,3-5,11H2,1-2H3,(H,12,14). The molecule has 0 aromatic carbocycles. The second-order valence-corrected chi connectivity index (χ2v) is 7.60. The number of ether oxygens (including phenoxy) is 1. The second kappa shape index (κ2) is 4.43. The minimum absolute atomic E-state index is 0.0427. The molecule has 0 aromatic heterocycles. The van der Waals surface area contributed by atoms with Gasteiger partial charge in [-0.1, -0.05) is 0 Å². The fourth-order valence-corrected chi connectivity index (χ4v) is 3.81. The minimum Gasteiger partial charge on any atom is -0.363 e. The smallest absolute Gasteiger partial charge is 0.263 e. The van der Waals surface area contributed by atoms with E-state index < -0.39 is 38.8 Å². The van der Waals surface area contributed by atoms with Gasteiger partial charge in [-0.3, -0.25) is 15.0 Å². The van der Waals surface area contributed by atoms with Crippen molar-refractivity contribution in [3.05, 3.63) is 0 Å². The summed E-state index contributed by atoms with van der Waals surface area (Å²) in [5.41, 5.74) is 1.98. The molecule has 9 heteroatoms. The number of nitrogens with one attached hydrogen (secondary N) is 1. The van der Waals surface area contributed by atoms with Crippen LogP contribution in [0.2, 0.25) is 0 Å². The molecule has 8 nitrogen and oxygen atoms in total. The monoisotopic (exact) mass is 291 g/mol. The van der Waals surface area contributed by atoms with Crippen molar-refractivity contribution in [1.82, 2.24) is 9.73 Å². The van der Waals surface area contributed by atoms with Gasteiger partial charge in [-0.05, 0) is 26.7 Å². The molecule has 0 radical (unpaired) electrons. The summed E-state index contributed by atoms with van der Waals surface area (Å²) in [7, 11) is -3.60. The van der Waals surface area contributed by atoms with Crippen LogP contribution in [0.4, 0.5) is 0 Å². The fourth-order valence-electron chi connectivity index (χ4n) is 2.25. The van der Waals surface area contributed by atoms with Crippen molar-refractivity contribution < 1.29 is 22.7 Å². The zero-order valence-electron chi connectivity index (χ0n) is 10.8. The van der Waals surface area contributed by atoms with Gasteiger partial charge in [-0.25, -0.2) is 18.6 Å². The number of rotatable bonds is 3. The highest BCUT2D eigenvalue weighted by molar-refractivity contribution is 7.94. The molecule has 0 saturated carbocycles. The van der Waals surface area contributed by atoms with E-state index in [1.54, 1.807) is 0 Å². The molecule has 2 aliphatic heterocycles. The maximum absolute atomic E-state index is 11.9. The SMILES string of the molecule is CC1(C)C(=O)N(CC2CCC(C(=O)NN)O2)S1(=O)=O. The van der Waals surface area contributed by atoms with E-state index >= 15 is 0 Å². The molecule has 2 aliphatic rings. The third-order valence-electron chi connectivity index (χ3n) is 3.59. The molecule has 0 aromatic rings. The van der Waals surface area contributed by atoms with Crippen LogP contribution in [-0.2, 0) is 24.3 Å². The lowest BCUT2D eigenvalue weighted by Crippen LogP contribution is -2.68. The molecule has 2 unspecified atom stereocenters. The summed E-state index contributed by atoms with van der Waals surface area (Å²) in [6.07, 6.45) is -0.170. The third kappa shape index (κ3) is 2.01. The first kappa shape index (κ1) is 14.2. The Balaban J connectivity index is 1.98. The molecule has 108 valence electrons. The summed E-state index contributed by atoms with van der Waals surface area (Å²) in [6, 6.07) is 0. The molecule has 2 rings (SSSR count). The van der Waals surface area contributed by atoms with E-state index in [4.69, 9.17) is 10.6 Å². The van der Waals surface area contributed by atoms with Crippen molar-refractivity contribution in [3.63, 3.8) is 0 Å². The van der Waals surface area contributed by atoms with Crippen molar-refractivity contribution in [2.75, 3.05) is 6.54 Å². The zero-order valence-corrected chi connectivity index (χ0v) is 11.6. The van der Waals surface area contributed by atoms with Gasteiger partial charge in [-0.15, -0.1) is 0 Å². The van der Waals surface area contributed by atoms with Crippen LogP contribution in [0.5, 0.6) is 0 Å². The number of amides is 2. The Bertz CT molecular complexity index is 515. The molecule has 3 N–H and O–H groups in total. The van der Waals surface area contributed by atoms with Gasteiger partial charge in [-0.2, -0.15) is 0 Å². The maximum Gasteiger partial charge on any atom is 0.263 e. The Kier molecular flexibility index (Phi) is 3.31. The van der Waals surface area contributed by atoms with Crippen LogP contribution in [0, 0.1) is 0 Å². The van der Waals surface area contributed by atoms with E-state index in [9.17, 15) is 18.0 Å². The normalized spacial score (nSPS) is 31.9. The average molecular weight is 291 g/mol. The third-order valence-corrected chi connectivity index (χ3v) is 5.95. The topological polar surface area (TPSA) is 119 Å². The summed E-state index contributed by atoms with van der Waals surface area (Å²) in [5, 5.41) is 0. The van der Waals surface area contributed by atoms with Gasteiger partial charge >= 0.3 is 0 Å². The molecule has 0 aliphatic carbocycles. The van der Waals surface area contributed by atoms with E-state index in [2.05, 4.69) is 0 Å². The molecule has 2 fully saturated rings. The zero-order chi connectivity index (χ0) is 14.4. The molecule has 0 bridgehead atoms. The van der Waals surface area contributed by atoms with Gasteiger partial charge in [0.1, 0.15) is 6.10 Å². The number of nitrogens with two attached hydrogens (primary N) is 1. The highest BCUT2D eigenvalue weighted by Gasteiger charge is 2.60. The van der Waals surface area contributed by atoms with Gasteiger partial charge in [0.2, 0.25) is 0 Å². The Labute approximate surface area is 111 Å². The number of hydrogen-bond donors (Lipinski definition) is 2. The summed E-state index contributed by atoms with van der Waals surface area (Å²) in [6.45, 7) is 2.71. The molecule has 19 heavy (non-hydrogen) atoms. The van der Waals surface area contributed by atoms with Crippen molar-refractivity contribution in [1.29, 1.82) is 0 Å². The van der Waals surface area contributed by atoms with Crippen molar-refractivity contribution in [2.24, 2.45) is 5.84 Å². The number of carbonyl (C=O) groups excluding carboxylic acids is 2. The van der Waals surface area contributed by atoms with Crippen LogP contribution in [0.15, 0.2) is 0 Å². The van der Waals surface area contributed by atoms with Crippen LogP contribution >= 0.6 is 0 Å². The molecular weight excluding hydrogens is 274 g/mol. The highest BCUT2D eigenvalue weighted by Crippen LogP contribution is 2.36. The Morgan fingerprint density at radius 3 is 2.68 bits per heavy atom. The molecule has 2 saturated heterocycles. The lowest BCUT2D eigenvalue weighted by molar-refractivity contribution is -0.135. The van der Waals surface area contributed by atoms with Gasteiger partial charge in [0.05, 0.1) is 12.6 Å². The lowest BCUT2D eigenvalue weighted by atomic mass is 10.1. The first-order chi connectivity index (χ1) is 8.71. The minimum atomic E-state index is -3.60. The molecule has 2 amide bonds. The Morgan fingerprint density at radius 2 is 2.16 bits per heavy atom. The number of hydrazine groups is 1. The summed E-state index contributed by atoms with van der Waals surface area (Å²) >= 11 is 0. The summed E-state index contributed by atoms with van der Waals surface area (Å²) in [5.74, 6) is 4.11. The van der Waals surface area contributed by atoms with E-state index in [0.29, 0.717) is 12.8 Å². The van der Waals surface area contributed by atoms with E-state index in [0.717, 1.165) is 4.31 Å². The van der Waals surface area contributed by atoms with Gasteiger partial charge in [0.15, 0.2) is 4.75 Å². The summed E-state index contributed by atoms with van der Waals surface area (Å²) in [4.78, 5) is 23.0. The number of nitrogens with zero attached hydrogens (tertiary/aromatic N) is 1. The van der Waals surface area contributed by atoms with Crippen molar-refractivity contribution >= 4 is 21.8 Å².